The summed E-state index contributed by atoms with van der Waals surface area (Å²) in [5, 5.41) is 0. The van der Waals surface area contributed by atoms with Gasteiger partial charge in [0.2, 0.25) is 0 Å². The molecule has 3 fully saturated rings. The van der Waals surface area contributed by atoms with E-state index in [9.17, 15) is 0 Å². The summed E-state index contributed by atoms with van der Waals surface area (Å²) in [6.07, 6.45) is 7.98. The molecule has 0 radical (unpaired) electrons. The van der Waals surface area contributed by atoms with Gasteiger partial charge in [-0.25, -0.2) is 0 Å². The van der Waals surface area contributed by atoms with Crippen molar-refractivity contribution < 1.29 is 0 Å². The molecule has 2 unspecified atom stereocenters. The first kappa shape index (κ1) is 4.76. The lowest BCUT2D eigenvalue weighted by Crippen LogP contribution is -2.09. The Morgan fingerprint density at radius 2 is 1.33 bits per heavy atom. The zero-order valence-corrected chi connectivity index (χ0v) is 5.84. The van der Waals surface area contributed by atoms with Crippen LogP contribution in [0.3, 0.4) is 0 Å². The molecule has 3 saturated carbocycles. The van der Waals surface area contributed by atoms with E-state index in [2.05, 4.69) is 0 Å². The molecular formula is C9H14. The molecule has 3 aliphatic carbocycles. The molecule has 3 rings (SSSR count). The highest BCUT2D eigenvalue weighted by Gasteiger charge is 2.54. The van der Waals surface area contributed by atoms with Crippen molar-refractivity contribution in [3.63, 3.8) is 0 Å². The van der Waals surface area contributed by atoms with Crippen LogP contribution in [-0.2, 0) is 0 Å². The fourth-order valence-corrected chi connectivity index (χ4v) is 3.35. The summed E-state index contributed by atoms with van der Waals surface area (Å²) in [5.74, 6) is 4.86. The topological polar surface area (TPSA) is 0 Å². The van der Waals surface area contributed by atoms with Crippen molar-refractivity contribution in [3.05, 3.63) is 0 Å². The molecule has 50 valence electrons. The highest BCUT2D eigenvalue weighted by Crippen LogP contribution is 2.63. The molecule has 9 heavy (non-hydrogen) atoms. The van der Waals surface area contributed by atoms with Crippen LogP contribution in [0.15, 0.2) is 0 Å². The first-order chi connectivity index (χ1) is 4.45. The fourth-order valence-electron chi connectivity index (χ4n) is 3.35. The molecule has 0 aliphatic heterocycles. The predicted molar refractivity (Wildman–Crippen MR) is 37.0 cm³/mol. The first-order valence-corrected chi connectivity index (χ1v) is 4.45. The quantitative estimate of drug-likeness (QED) is 0.463. The van der Waals surface area contributed by atoms with E-state index in [1.807, 2.05) is 0 Å². The largest absolute Gasteiger partial charge is 0.0502 e. The number of hydrogen-bond acceptors (Lipinski definition) is 0. The average Bonchev–Trinajstić information content (AvgIpc) is 2.62. The Labute approximate surface area is 56.6 Å². The van der Waals surface area contributed by atoms with Crippen molar-refractivity contribution in [2.24, 2.45) is 23.7 Å². The van der Waals surface area contributed by atoms with Crippen LogP contribution in [0.4, 0.5) is 0 Å². The highest BCUT2D eigenvalue weighted by atomic mass is 14.6. The van der Waals surface area contributed by atoms with Gasteiger partial charge in [0, 0.05) is 0 Å². The summed E-state index contributed by atoms with van der Waals surface area (Å²) in [6, 6.07) is 0. The monoisotopic (exact) mass is 122 g/mol. The molecule has 2 atom stereocenters. The molecule has 0 N–H and O–H groups in total. The van der Waals surface area contributed by atoms with Crippen molar-refractivity contribution in [3.8, 4) is 0 Å². The maximum Gasteiger partial charge on any atom is -0.0349 e. The second-order valence-corrected chi connectivity index (χ2v) is 4.25. The smallest absolute Gasteiger partial charge is 0.0349 e. The minimum absolute atomic E-state index is 1.17. The Kier molecular flexibility index (Phi) is 0.717. The van der Waals surface area contributed by atoms with E-state index in [0.29, 0.717) is 0 Å². The standard InChI is InChI=1S/C9H14/c1-3-7-8-4-2-6(1)5-9(7)8/h6-9H,1-5H2. The lowest BCUT2D eigenvalue weighted by molar-refractivity contribution is 0.302. The molecule has 0 saturated heterocycles. The Morgan fingerprint density at radius 1 is 0.667 bits per heavy atom. The van der Waals surface area contributed by atoms with Gasteiger partial charge in [0.05, 0.1) is 0 Å². The molecule has 0 nitrogen and oxygen atoms in total. The summed E-state index contributed by atoms with van der Waals surface area (Å²) < 4.78 is 0. The van der Waals surface area contributed by atoms with Gasteiger partial charge in [-0.1, -0.05) is 12.8 Å². The van der Waals surface area contributed by atoms with Crippen LogP contribution in [0.25, 0.3) is 0 Å². The van der Waals surface area contributed by atoms with Crippen LogP contribution in [0.2, 0.25) is 0 Å². The molecule has 0 heteroatoms. The molecule has 0 spiro atoms. The summed E-state index contributed by atoms with van der Waals surface area (Å²) in [7, 11) is 0. The third-order valence-electron chi connectivity index (χ3n) is 3.93. The summed E-state index contributed by atoms with van der Waals surface area (Å²) >= 11 is 0. The minimum atomic E-state index is 1.17. The number of rotatable bonds is 0. The Balaban J connectivity index is 1.92. The molecule has 3 aliphatic rings. The SMILES string of the molecule is C1CC2C3CCC1CC23. The van der Waals surface area contributed by atoms with E-state index in [0.717, 1.165) is 0 Å². The first-order valence-electron chi connectivity index (χ1n) is 4.45. The van der Waals surface area contributed by atoms with E-state index in [4.69, 9.17) is 0 Å². The number of hydrogen-bond donors (Lipinski definition) is 0. The van der Waals surface area contributed by atoms with E-state index < -0.39 is 0 Å². The van der Waals surface area contributed by atoms with Gasteiger partial charge in [0.25, 0.3) is 0 Å². The third kappa shape index (κ3) is 0.500. The van der Waals surface area contributed by atoms with E-state index >= 15 is 0 Å². The second-order valence-electron chi connectivity index (χ2n) is 4.25. The lowest BCUT2D eigenvalue weighted by atomic mass is 9.84. The van der Waals surface area contributed by atoms with Gasteiger partial charge >= 0.3 is 0 Å². The van der Waals surface area contributed by atoms with Crippen molar-refractivity contribution >= 4 is 0 Å². The number of fused-ring (bicyclic) bond motifs is 2. The fraction of sp³-hybridized carbons (Fsp3) is 1.00. The van der Waals surface area contributed by atoms with Crippen LogP contribution in [0.5, 0.6) is 0 Å². The van der Waals surface area contributed by atoms with Gasteiger partial charge in [0.15, 0.2) is 0 Å². The second kappa shape index (κ2) is 1.36. The summed E-state index contributed by atoms with van der Waals surface area (Å²) in [5.41, 5.74) is 0. The summed E-state index contributed by atoms with van der Waals surface area (Å²) in [6.45, 7) is 0. The van der Waals surface area contributed by atoms with Gasteiger partial charge in [-0.3, -0.25) is 0 Å². The summed E-state index contributed by atoms with van der Waals surface area (Å²) in [4.78, 5) is 0. The van der Waals surface area contributed by atoms with Gasteiger partial charge in [-0.15, -0.1) is 0 Å². The van der Waals surface area contributed by atoms with Crippen molar-refractivity contribution in [2.45, 2.75) is 32.1 Å². The Bertz CT molecular complexity index is 114. The van der Waals surface area contributed by atoms with E-state index in [1.54, 1.807) is 32.1 Å². The van der Waals surface area contributed by atoms with Crippen LogP contribution in [0.1, 0.15) is 32.1 Å². The zero-order chi connectivity index (χ0) is 5.84. The normalized spacial score (nSPS) is 61.3. The molecule has 0 aromatic carbocycles. The van der Waals surface area contributed by atoms with Gasteiger partial charge in [0.1, 0.15) is 0 Å². The van der Waals surface area contributed by atoms with Gasteiger partial charge in [-0.05, 0) is 42.9 Å². The van der Waals surface area contributed by atoms with Crippen LogP contribution in [-0.4, -0.2) is 0 Å². The Hall–Kier alpha value is 0. The zero-order valence-electron chi connectivity index (χ0n) is 5.84. The van der Waals surface area contributed by atoms with Crippen LogP contribution < -0.4 is 0 Å². The van der Waals surface area contributed by atoms with Crippen molar-refractivity contribution in [2.75, 3.05) is 0 Å². The van der Waals surface area contributed by atoms with Crippen molar-refractivity contribution in [1.29, 1.82) is 0 Å². The molecule has 2 bridgehead atoms. The molecular weight excluding hydrogens is 108 g/mol. The lowest BCUT2D eigenvalue weighted by Gasteiger charge is -2.21. The van der Waals surface area contributed by atoms with E-state index in [-0.39, 0.29) is 0 Å². The highest BCUT2D eigenvalue weighted by molar-refractivity contribution is 5.04. The molecule has 0 heterocycles. The van der Waals surface area contributed by atoms with Gasteiger partial charge < -0.3 is 0 Å². The van der Waals surface area contributed by atoms with Crippen LogP contribution >= 0.6 is 0 Å². The third-order valence-corrected chi connectivity index (χ3v) is 3.93. The molecule has 0 aromatic heterocycles. The maximum atomic E-state index is 1.62. The average molecular weight is 122 g/mol. The Morgan fingerprint density at radius 3 is 1.89 bits per heavy atom. The predicted octanol–water partition coefficient (Wildman–Crippen LogP) is 2.44. The molecule has 0 amide bonds. The minimum Gasteiger partial charge on any atom is -0.0502 e. The van der Waals surface area contributed by atoms with Crippen LogP contribution in [0, 0.1) is 23.7 Å². The van der Waals surface area contributed by atoms with Crippen molar-refractivity contribution in [1.82, 2.24) is 0 Å². The van der Waals surface area contributed by atoms with Gasteiger partial charge in [-0.2, -0.15) is 0 Å². The van der Waals surface area contributed by atoms with E-state index in [1.165, 1.54) is 23.7 Å². The molecule has 0 aromatic rings. The maximum absolute atomic E-state index is 1.62.